The van der Waals surface area contributed by atoms with Gasteiger partial charge in [-0.2, -0.15) is 0 Å². The van der Waals surface area contributed by atoms with E-state index >= 15 is 0 Å². The van der Waals surface area contributed by atoms with Gasteiger partial charge in [0.15, 0.2) is 6.39 Å². The normalized spacial score (nSPS) is 16.4. The van der Waals surface area contributed by atoms with Crippen LogP contribution in [0.3, 0.4) is 0 Å². The topological polar surface area (TPSA) is 58.4 Å². The largest absolute Gasteiger partial charge is 0.446 e. The first-order valence-electron chi connectivity index (χ1n) is 7.79. The molecule has 23 heavy (non-hydrogen) atoms. The summed E-state index contributed by atoms with van der Waals surface area (Å²) in [5.41, 5.74) is 1.61. The number of likely N-dealkylation sites (tertiary alicyclic amines) is 1. The number of hydrogen-bond donors (Lipinski definition) is 1. The number of halogens is 1. The number of amides is 1. The van der Waals surface area contributed by atoms with Gasteiger partial charge in [-0.1, -0.05) is 0 Å². The molecule has 0 aliphatic carbocycles. The Hall–Kier alpha value is -2.21. The van der Waals surface area contributed by atoms with Crippen LogP contribution in [0.15, 0.2) is 35.1 Å². The van der Waals surface area contributed by atoms with Gasteiger partial charge >= 0.3 is 0 Å². The van der Waals surface area contributed by atoms with Crippen LogP contribution in [0.5, 0.6) is 0 Å². The third kappa shape index (κ3) is 3.96. The zero-order valence-electron chi connectivity index (χ0n) is 13.1. The molecule has 2 aromatic rings. The average molecular weight is 317 g/mol. The first-order valence-corrected chi connectivity index (χ1v) is 7.79. The van der Waals surface area contributed by atoms with E-state index < -0.39 is 0 Å². The number of aromatic nitrogens is 1. The van der Waals surface area contributed by atoms with Gasteiger partial charge in [0.25, 0.3) is 0 Å². The lowest BCUT2D eigenvalue weighted by molar-refractivity contribution is -0.120. The molecule has 0 saturated carbocycles. The van der Waals surface area contributed by atoms with Crippen LogP contribution in [0, 0.1) is 5.82 Å². The Labute approximate surface area is 134 Å². The summed E-state index contributed by atoms with van der Waals surface area (Å²) in [6, 6.07) is 6.52. The Bertz CT molecular complexity index is 661. The molecule has 2 heterocycles. The number of rotatable bonds is 4. The van der Waals surface area contributed by atoms with Gasteiger partial charge in [-0.3, -0.25) is 9.69 Å². The van der Waals surface area contributed by atoms with Crippen LogP contribution in [-0.2, 0) is 11.3 Å². The van der Waals surface area contributed by atoms with Crippen molar-refractivity contribution in [2.75, 3.05) is 13.1 Å². The van der Waals surface area contributed by atoms with E-state index in [0.717, 1.165) is 42.9 Å². The van der Waals surface area contributed by atoms with Crippen molar-refractivity contribution in [3.63, 3.8) is 0 Å². The summed E-state index contributed by atoms with van der Waals surface area (Å²) in [6.45, 7) is 4.01. The van der Waals surface area contributed by atoms with Crippen molar-refractivity contribution in [1.29, 1.82) is 0 Å². The highest BCUT2D eigenvalue weighted by Gasteiger charge is 2.22. The molecule has 0 spiro atoms. The first-order chi connectivity index (χ1) is 11.1. The number of nitrogens with zero attached hydrogens (tertiary/aromatic N) is 2. The summed E-state index contributed by atoms with van der Waals surface area (Å²) >= 11 is 0. The van der Waals surface area contributed by atoms with E-state index in [4.69, 9.17) is 4.42 Å². The number of carbonyl (C=O) groups excluding carboxylic acids is 1. The number of oxazole rings is 1. The maximum absolute atomic E-state index is 13.0. The standard InChI is InChI=1S/C17H20FN3O2/c1-12(22)20-15-6-8-21(9-7-15)10-16-17(19-11-23-16)13-2-4-14(18)5-3-13/h2-5,11,15H,6-10H2,1H3,(H,20,22). The van der Waals surface area contributed by atoms with Gasteiger partial charge < -0.3 is 9.73 Å². The molecule has 0 unspecified atom stereocenters. The smallest absolute Gasteiger partial charge is 0.217 e. The summed E-state index contributed by atoms with van der Waals surface area (Å²) in [5, 5.41) is 2.97. The van der Waals surface area contributed by atoms with Crippen molar-refractivity contribution < 1.29 is 13.6 Å². The molecule has 6 heteroatoms. The van der Waals surface area contributed by atoms with Crippen LogP contribution >= 0.6 is 0 Å². The zero-order chi connectivity index (χ0) is 16.2. The predicted octanol–water partition coefficient (Wildman–Crippen LogP) is 2.58. The first kappa shape index (κ1) is 15.7. The number of piperidine rings is 1. The number of hydrogen-bond acceptors (Lipinski definition) is 4. The summed E-state index contributed by atoms with van der Waals surface area (Å²) < 4.78 is 18.6. The molecule has 1 aromatic heterocycles. The third-order valence-electron chi connectivity index (χ3n) is 4.12. The van der Waals surface area contributed by atoms with Crippen LogP contribution in [0.25, 0.3) is 11.3 Å². The van der Waals surface area contributed by atoms with Gasteiger partial charge in [0.1, 0.15) is 17.3 Å². The molecule has 5 nitrogen and oxygen atoms in total. The molecule has 1 fully saturated rings. The molecule has 1 N–H and O–H groups in total. The molecule has 0 atom stereocenters. The second-order valence-corrected chi connectivity index (χ2v) is 5.88. The molecule has 0 radical (unpaired) electrons. The number of benzene rings is 1. The predicted molar refractivity (Wildman–Crippen MR) is 84.0 cm³/mol. The number of carbonyl (C=O) groups is 1. The van der Waals surface area contributed by atoms with Gasteiger partial charge in [0, 0.05) is 31.6 Å². The van der Waals surface area contributed by atoms with Gasteiger partial charge in [0.2, 0.25) is 5.91 Å². The monoisotopic (exact) mass is 317 g/mol. The Morgan fingerprint density at radius 3 is 2.70 bits per heavy atom. The van der Waals surface area contributed by atoms with Crippen molar-refractivity contribution in [2.45, 2.75) is 32.4 Å². The summed E-state index contributed by atoms with van der Waals surface area (Å²) in [5.74, 6) is 0.547. The molecule has 1 amide bonds. The fourth-order valence-corrected chi connectivity index (χ4v) is 2.95. The Morgan fingerprint density at radius 1 is 1.35 bits per heavy atom. The van der Waals surface area contributed by atoms with Gasteiger partial charge in [0.05, 0.1) is 6.54 Å². The molecule has 122 valence electrons. The highest BCUT2D eigenvalue weighted by atomic mass is 19.1. The van der Waals surface area contributed by atoms with Crippen LogP contribution in [0.2, 0.25) is 0 Å². The lowest BCUT2D eigenvalue weighted by Crippen LogP contribution is -2.43. The molecular weight excluding hydrogens is 297 g/mol. The fraction of sp³-hybridized carbons (Fsp3) is 0.412. The van der Waals surface area contributed by atoms with Crippen LogP contribution in [0.4, 0.5) is 4.39 Å². The Balaban J connectivity index is 1.63. The van der Waals surface area contributed by atoms with E-state index in [-0.39, 0.29) is 17.8 Å². The summed E-state index contributed by atoms with van der Waals surface area (Å²) in [6.07, 6.45) is 3.29. The van der Waals surface area contributed by atoms with Gasteiger partial charge in [-0.15, -0.1) is 0 Å². The van der Waals surface area contributed by atoms with Gasteiger partial charge in [-0.05, 0) is 37.1 Å². The number of nitrogens with one attached hydrogen (secondary N) is 1. The van der Waals surface area contributed by atoms with Gasteiger partial charge in [-0.25, -0.2) is 9.37 Å². The minimum Gasteiger partial charge on any atom is -0.446 e. The van der Waals surface area contributed by atoms with Crippen molar-refractivity contribution in [3.8, 4) is 11.3 Å². The molecule has 3 rings (SSSR count). The zero-order valence-corrected chi connectivity index (χ0v) is 13.1. The maximum atomic E-state index is 13.0. The molecule has 1 aliphatic heterocycles. The minimum absolute atomic E-state index is 0.0253. The van der Waals surface area contributed by atoms with Crippen molar-refractivity contribution in [2.24, 2.45) is 0 Å². The van der Waals surface area contributed by atoms with E-state index in [1.54, 1.807) is 19.1 Å². The highest BCUT2D eigenvalue weighted by Crippen LogP contribution is 2.24. The Morgan fingerprint density at radius 2 is 2.04 bits per heavy atom. The van der Waals surface area contributed by atoms with Crippen molar-refractivity contribution in [1.82, 2.24) is 15.2 Å². The lowest BCUT2D eigenvalue weighted by atomic mass is 10.0. The second-order valence-electron chi connectivity index (χ2n) is 5.88. The minimum atomic E-state index is -0.265. The maximum Gasteiger partial charge on any atom is 0.217 e. The van der Waals surface area contributed by atoms with Crippen LogP contribution in [-0.4, -0.2) is 34.9 Å². The quantitative estimate of drug-likeness (QED) is 0.941. The highest BCUT2D eigenvalue weighted by molar-refractivity contribution is 5.73. The molecule has 1 aromatic carbocycles. The fourth-order valence-electron chi connectivity index (χ4n) is 2.95. The van der Waals surface area contributed by atoms with E-state index in [1.807, 2.05) is 0 Å². The average Bonchev–Trinajstić information content (AvgIpc) is 2.98. The van der Waals surface area contributed by atoms with E-state index in [2.05, 4.69) is 15.2 Å². The van der Waals surface area contributed by atoms with E-state index in [1.165, 1.54) is 18.5 Å². The molecular formula is C17H20FN3O2. The summed E-state index contributed by atoms with van der Waals surface area (Å²) in [7, 11) is 0. The van der Waals surface area contributed by atoms with Crippen molar-refractivity contribution in [3.05, 3.63) is 42.2 Å². The van der Waals surface area contributed by atoms with Crippen molar-refractivity contribution >= 4 is 5.91 Å². The SMILES string of the molecule is CC(=O)NC1CCN(Cc2ocnc2-c2ccc(F)cc2)CC1. The van der Waals surface area contributed by atoms with E-state index in [9.17, 15) is 9.18 Å². The van der Waals surface area contributed by atoms with Crippen LogP contribution < -0.4 is 5.32 Å². The third-order valence-corrected chi connectivity index (χ3v) is 4.12. The molecule has 1 aliphatic rings. The molecule has 0 bridgehead atoms. The second kappa shape index (κ2) is 6.91. The lowest BCUT2D eigenvalue weighted by Gasteiger charge is -2.31. The summed E-state index contributed by atoms with van der Waals surface area (Å²) in [4.78, 5) is 17.6. The Kier molecular flexibility index (Phi) is 4.71. The van der Waals surface area contributed by atoms with E-state index in [0.29, 0.717) is 6.54 Å². The van der Waals surface area contributed by atoms with Crippen LogP contribution in [0.1, 0.15) is 25.5 Å². The molecule has 1 saturated heterocycles.